The summed E-state index contributed by atoms with van der Waals surface area (Å²) in [5.41, 5.74) is 0. The Morgan fingerprint density at radius 2 is 0.395 bits per heavy atom. The van der Waals surface area contributed by atoms with E-state index in [4.69, 9.17) is 0 Å². The molecule has 0 fully saturated rings. The van der Waals surface area contributed by atoms with Crippen LogP contribution in [0.1, 0.15) is 219 Å². The summed E-state index contributed by atoms with van der Waals surface area (Å²) in [5, 5.41) is 0. The second kappa shape index (κ2) is 35.0. The molecule has 0 aromatic rings. The molecule has 0 aliphatic heterocycles. The summed E-state index contributed by atoms with van der Waals surface area (Å²) in [6.07, 6.45) is 46.8. The van der Waals surface area contributed by atoms with Gasteiger partial charge in [-0.05, 0) is 33.0 Å². The van der Waals surface area contributed by atoms with Crippen LogP contribution in [-0.2, 0) is 0 Å². The Hall–Kier alpha value is -0.0400. The summed E-state index contributed by atoms with van der Waals surface area (Å²) in [5.74, 6) is 0. The van der Waals surface area contributed by atoms with Gasteiger partial charge in [0.15, 0.2) is 0 Å². The fraction of sp³-hybridized carbons (Fsp3) is 1.00. The third-order valence-corrected chi connectivity index (χ3v) is 8.79. The van der Waals surface area contributed by atoms with Crippen molar-refractivity contribution in [3.8, 4) is 0 Å². The van der Waals surface area contributed by atoms with Gasteiger partial charge in [0, 0.05) is 0 Å². The van der Waals surface area contributed by atoms with Crippen LogP contribution in [0.3, 0.4) is 0 Å². The van der Waals surface area contributed by atoms with Crippen LogP contribution in [0.5, 0.6) is 0 Å². The number of hydrogen-bond donors (Lipinski definition) is 0. The Morgan fingerprint density at radius 3 is 0.579 bits per heavy atom. The van der Waals surface area contributed by atoms with E-state index < -0.39 is 0 Å². The number of hydrogen-bond acceptors (Lipinski definition) is 1. The summed E-state index contributed by atoms with van der Waals surface area (Å²) < 4.78 is 0. The number of rotatable bonds is 34. The molecule has 0 amide bonds. The van der Waals surface area contributed by atoms with Crippen molar-refractivity contribution in [2.45, 2.75) is 219 Å². The maximum atomic E-state index is 2.59. The Morgan fingerprint density at radius 1 is 0.237 bits per heavy atom. The lowest BCUT2D eigenvalue weighted by molar-refractivity contribution is 0.314. The highest BCUT2D eigenvalue weighted by atomic mass is 15.2. The van der Waals surface area contributed by atoms with Gasteiger partial charge in [-0.25, -0.2) is 0 Å². The zero-order valence-corrected chi connectivity index (χ0v) is 27.5. The van der Waals surface area contributed by atoms with E-state index in [0.29, 0.717) is 0 Å². The van der Waals surface area contributed by atoms with Crippen molar-refractivity contribution in [3.63, 3.8) is 0 Å². The molecule has 0 radical (unpaired) electrons. The minimum atomic E-state index is 1.32. The normalized spacial score (nSPS) is 11.7. The van der Waals surface area contributed by atoms with E-state index in [1.54, 1.807) is 0 Å². The SMILES string of the molecule is CCCCCCCCCCCCCCCCCCN([13CH3])CCCCCCCCCCCCCCCCCC. The summed E-state index contributed by atoms with van der Waals surface area (Å²) in [6, 6.07) is 0. The smallest absolute Gasteiger partial charge is 0.00218 e. The highest BCUT2D eigenvalue weighted by Crippen LogP contribution is 2.15. The molecule has 0 saturated carbocycles. The quantitative estimate of drug-likeness (QED) is 0.0583. The Bertz CT molecular complexity index is 356. The van der Waals surface area contributed by atoms with Crippen molar-refractivity contribution in [3.05, 3.63) is 0 Å². The maximum Gasteiger partial charge on any atom is -0.00218 e. The topological polar surface area (TPSA) is 3.24 Å². The minimum absolute atomic E-state index is 1.32. The molecule has 0 aliphatic carbocycles. The van der Waals surface area contributed by atoms with Crippen LogP contribution in [0.15, 0.2) is 0 Å². The third-order valence-electron chi connectivity index (χ3n) is 8.79. The van der Waals surface area contributed by atoms with Crippen molar-refractivity contribution < 1.29 is 0 Å². The highest BCUT2D eigenvalue weighted by Gasteiger charge is 2.00. The van der Waals surface area contributed by atoms with Crippen LogP contribution in [0.25, 0.3) is 0 Å². The van der Waals surface area contributed by atoms with Crippen LogP contribution in [0, 0.1) is 0 Å². The number of nitrogens with zero attached hydrogens (tertiary/aromatic N) is 1. The zero-order valence-electron chi connectivity index (χ0n) is 27.5. The Labute approximate surface area is 244 Å². The lowest BCUT2D eigenvalue weighted by atomic mass is 10.0. The molecule has 0 atom stereocenters. The molecule has 0 aromatic heterocycles. The first-order valence-corrected chi connectivity index (χ1v) is 18.5. The largest absolute Gasteiger partial charge is 0.306 e. The lowest BCUT2D eigenvalue weighted by Gasteiger charge is -2.16. The fourth-order valence-electron chi connectivity index (χ4n) is 5.97. The van der Waals surface area contributed by atoms with Gasteiger partial charge in [-0.3, -0.25) is 0 Å². The summed E-state index contributed by atoms with van der Waals surface area (Å²) >= 11 is 0. The van der Waals surface area contributed by atoms with Gasteiger partial charge in [0.1, 0.15) is 0 Å². The molecular formula is C37H77N. The molecule has 0 aliphatic rings. The zero-order chi connectivity index (χ0) is 27.6. The molecule has 1 nitrogen and oxygen atoms in total. The summed E-state index contributed by atoms with van der Waals surface area (Å²) in [4.78, 5) is 2.59. The third kappa shape index (κ3) is 34.0. The molecule has 0 unspecified atom stereocenters. The molecule has 0 heterocycles. The van der Waals surface area contributed by atoms with Gasteiger partial charge in [0.2, 0.25) is 0 Å². The predicted octanol–water partition coefficient (Wildman–Crippen LogP) is 13.4. The van der Waals surface area contributed by atoms with Crippen LogP contribution in [-0.4, -0.2) is 25.0 Å². The van der Waals surface area contributed by atoms with Crippen LogP contribution < -0.4 is 0 Å². The second-order valence-electron chi connectivity index (χ2n) is 12.9. The average molecular weight is 537 g/mol. The fourth-order valence-corrected chi connectivity index (χ4v) is 5.97. The van der Waals surface area contributed by atoms with Crippen molar-refractivity contribution in [1.29, 1.82) is 0 Å². The molecule has 230 valence electrons. The van der Waals surface area contributed by atoms with E-state index in [0.717, 1.165) is 0 Å². The van der Waals surface area contributed by atoms with Crippen molar-refractivity contribution in [2.75, 3.05) is 20.1 Å². The average Bonchev–Trinajstić information content (AvgIpc) is 2.92. The molecule has 0 spiro atoms. The van der Waals surface area contributed by atoms with E-state index in [9.17, 15) is 0 Å². The molecule has 38 heavy (non-hydrogen) atoms. The van der Waals surface area contributed by atoms with Crippen LogP contribution in [0.4, 0.5) is 0 Å². The molecule has 0 rings (SSSR count). The van der Waals surface area contributed by atoms with E-state index in [-0.39, 0.29) is 0 Å². The summed E-state index contributed by atoms with van der Waals surface area (Å²) in [6.45, 7) is 7.25. The molecular weight excluding hydrogens is 459 g/mol. The van der Waals surface area contributed by atoms with Crippen molar-refractivity contribution in [1.82, 2.24) is 4.90 Å². The van der Waals surface area contributed by atoms with Gasteiger partial charge in [0.05, 0.1) is 0 Å². The van der Waals surface area contributed by atoms with Crippen molar-refractivity contribution >= 4 is 0 Å². The van der Waals surface area contributed by atoms with E-state index in [2.05, 4.69) is 25.8 Å². The van der Waals surface area contributed by atoms with Gasteiger partial charge >= 0.3 is 0 Å². The molecule has 0 aromatic carbocycles. The predicted molar refractivity (Wildman–Crippen MR) is 177 cm³/mol. The minimum Gasteiger partial charge on any atom is -0.306 e. The molecule has 0 bridgehead atoms. The van der Waals surface area contributed by atoms with Crippen LogP contribution >= 0.6 is 0 Å². The van der Waals surface area contributed by atoms with Gasteiger partial charge < -0.3 is 4.90 Å². The van der Waals surface area contributed by atoms with Gasteiger partial charge in [0.25, 0.3) is 0 Å². The van der Waals surface area contributed by atoms with Gasteiger partial charge in [-0.15, -0.1) is 0 Å². The first-order valence-electron chi connectivity index (χ1n) is 18.5. The van der Waals surface area contributed by atoms with Gasteiger partial charge in [-0.1, -0.05) is 206 Å². The lowest BCUT2D eigenvalue weighted by Crippen LogP contribution is -2.20. The number of unbranched alkanes of at least 4 members (excludes halogenated alkanes) is 30. The van der Waals surface area contributed by atoms with E-state index >= 15 is 0 Å². The Balaban J connectivity index is 3.13. The summed E-state index contributed by atoms with van der Waals surface area (Å²) in [7, 11) is 2.34. The molecule has 1 heteroatoms. The Kier molecular flexibility index (Phi) is 35.0. The van der Waals surface area contributed by atoms with E-state index in [1.807, 2.05) is 0 Å². The first kappa shape index (κ1) is 38.0. The molecule has 0 saturated heterocycles. The monoisotopic (exact) mass is 537 g/mol. The van der Waals surface area contributed by atoms with Gasteiger partial charge in [-0.2, -0.15) is 0 Å². The molecule has 0 N–H and O–H groups in total. The second-order valence-corrected chi connectivity index (χ2v) is 12.9. The standard InChI is InChI=1S/C37H77N/c1-4-6-8-10-12-14-16-18-20-22-24-26-28-30-32-34-36-38(3)37-35-33-31-29-27-25-23-21-19-17-15-13-11-9-7-5-2/h4-37H2,1-3H3/i3+1. The highest BCUT2D eigenvalue weighted by molar-refractivity contribution is 4.55. The van der Waals surface area contributed by atoms with Crippen molar-refractivity contribution in [2.24, 2.45) is 0 Å². The maximum absolute atomic E-state index is 2.59. The van der Waals surface area contributed by atoms with E-state index in [1.165, 1.54) is 219 Å². The first-order chi connectivity index (χ1) is 18.8. The van der Waals surface area contributed by atoms with Crippen LogP contribution in [0.2, 0.25) is 0 Å².